The van der Waals surface area contributed by atoms with E-state index in [1.165, 1.54) is 22.5 Å². The molecular formula is C24H26N4O4S. The number of sulfonamides is 1. The molecule has 0 bridgehead atoms. The van der Waals surface area contributed by atoms with Crippen molar-refractivity contribution in [1.29, 1.82) is 0 Å². The van der Waals surface area contributed by atoms with Gasteiger partial charge < -0.3 is 15.6 Å². The normalized spacial score (nSPS) is 16.3. The minimum atomic E-state index is -3.68. The van der Waals surface area contributed by atoms with Gasteiger partial charge in [0, 0.05) is 35.2 Å². The Morgan fingerprint density at radius 3 is 2.39 bits per heavy atom. The third-order valence-electron chi connectivity index (χ3n) is 5.96. The molecule has 172 valence electrons. The fourth-order valence-electron chi connectivity index (χ4n) is 3.95. The van der Waals surface area contributed by atoms with E-state index < -0.39 is 15.6 Å². The first kappa shape index (κ1) is 22.8. The topological polar surface area (TPSA) is 111 Å². The highest BCUT2D eigenvalue weighted by molar-refractivity contribution is 7.89. The van der Waals surface area contributed by atoms with Gasteiger partial charge in [0.1, 0.15) is 5.69 Å². The maximum atomic E-state index is 13.1. The van der Waals surface area contributed by atoms with Gasteiger partial charge in [0.25, 0.3) is 5.91 Å². The predicted octanol–water partition coefficient (Wildman–Crippen LogP) is 3.27. The number of hydrogen-bond donors (Lipinski definition) is 3. The number of carbonyl (C=O) groups excluding carboxylic acids is 2. The van der Waals surface area contributed by atoms with Crippen LogP contribution in [0.1, 0.15) is 30.3 Å². The number of nitrogens with one attached hydrogen (secondary N) is 3. The lowest BCUT2D eigenvalue weighted by Crippen LogP contribution is -2.53. The Balaban J connectivity index is 1.41. The van der Waals surface area contributed by atoms with E-state index in [-0.39, 0.29) is 16.7 Å². The molecule has 1 aromatic heterocycles. The Labute approximate surface area is 192 Å². The van der Waals surface area contributed by atoms with Crippen molar-refractivity contribution in [3.05, 3.63) is 72.9 Å². The Morgan fingerprint density at radius 1 is 1.09 bits per heavy atom. The molecule has 3 aromatic rings. The maximum absolute atomic E-state index is 13.1. The smallest absolute Gasteiger partial charge is 0.272 e. The monoisotopic (exact) mass is 466 g/mol. The van der Waals surface area contributed by atoms with Crippen LogP contribution in [0.4, 0.5) is 5.69 Å². The molecule has 0 radical (unpaired) electrons. The number of aromatic amines is 1. The second-order valence-electron chi connectivity index (χ2n) is 8.41. The number of para-hydroxylation sites is 1. The molecule has 0 atom stereocenters. The van der Waals surface area contributed by atoms with Crippen LogP contribution in [0.2, 0.25) is 0 Å². The second kappa shape index (κ2) is 8.84. The fourth-order valence-corrected chi connectivity index (χ4v) is 5.39. The van der Waals surface area contributed by atoms with Gasteiger partial charge in [-0.3, -0.25) is 9.59 Å². The van der Waals surface area contributed by atoms with Crippen molar-refractivity contribution in [2.75, 3.05) is 18.4 Å². The fraction of sp³-hybridized carbons (Fsp3) is 0.250. The summed E-state index contributed by atoms with van der Waals surface area (Å²) in [6, 6.07) is 15.5. The highest BCUT2D eigenvalue weighted by Gasteiger charge is 2.36. The second-order valence-corrected chi connectivity index (χ2v) is 10.3. The highest BCUT2D eigenvalue weighted by Crippen LogP contribution is 2.27. The number of hydrogen-bond acceptors (Lipinski definition) is 4. The maximum Gasteiger partial charge on any atom is 0.272 e. The molecule has 3 N–H and O–H groups in total. The predicted molar refractivity (Wildman–Crippen MR) is 127 cm³/mol. The number of fused-ring (bicyclic) bond motifs is 1. The minimum absolute atomic E-state index is 0.157. The van der Waals surface area contributed by atoms with Gasteiger partial charge in [-0.2, -0.15) is 4.31 Å². The Morgan fingerprint density at radius 2 is 1.76 bits per heavy atom. The number of aromatic nitrogens is 1. The van der Waals surface area contributed by atoms with Crippen molar-refractivity contribution in [3.8, 4) is 0 Å². The number of rotatable bonds is 6. The molecule has 0 aliphatic carbocycles. The van der Waals surface area contributed by atoms with Gasteiger partial charge in [-0.05, 0) is 62.2 Å². The van der Waals surface area contributed by atoms with Crippen LogP contribution in [0.25, 0.3) is 10.9 Å². The van der Waals surface area contributed by atoms with Crippen LogP contribution in [0, 0.1) is 0 Å². The van der Waals surface area contributed by atoms with E-state index in [1.807, 2.05) is 31.2 Å². The zero-order chi connectivity index (χ0) is 23.6. The average Bonchev–Trinajstić information content (AvgIpc) is 3.24. The van der Waals surface area contributed by atoms with Crippen molar-refractivity contribution < 1.29 is 18.0 Å². The van der Waals surface area contributed by atoms with Crippen molar-refractivity contribution in [1.82, 2.24) is 14.6 Å². The van der Waals surface area contributed by atoms with E-state index >= 15 is 0 Å². The van der Waals surface area contributed by atoms with E-state index in [0.29, 0.717) is 37.3 Å². The number of amides is 2. The molecule has 2 heterocycles. The molecule has 0 unspecified atom stereocenters. The lowest BCUT2D eigenvalue weighted by atomic mass is 9.90. The standard InChI is InChI=1S/C24H26N4O4S/c1-3-22(29)27-24(2)12-14-28(15-13-24)33(31,32)19-10-8-18(9-11-19)25-23(30)21-16-17-6-4-5-7-20(17)26-21/h3-11,16,26H,1,12-15H2,2H3,(H,25,30)(H,27,29). The summed E-state index contributed by atoms with van der Waals surface area (Å²) < 4.78 is 27.5. The summed E-state index contributed by atoms with van der Waals surface area (Å²) in [5.74, 6) is -0.572. The zero-order valence-corrected chi connectivity index (χ0v) is 19.1. The van der Waals surface area contributed by atoms with E-state index in [4.69, 9.17) is 0 Å². The number of H-pyrrole nitrogens is 1. The molecule has 33 heavy (non-hydrogen) atoms. The van der Waals surface area contributed by atoms with Crippen molar-refractivity contribution in [2.24, 2.45) is 0 Å². The Bertz CT molecular complexity index is 1270. The largest absolute Gasteiger partial charge is 0.351 e. The third-order valence-corrected chi connectivity index (χ3v) is 7.87. The molecule has 1 fully saturated rings. The van der Waals surface area contributed by atoms with E-state index in [1.54, 1.807) is 18.2 Å². The first-order valence-corrected chi connectivity index (χ1v) is 12.1. The van der Waals surface area contributed by atoms with Crippen molar-refractivity contribution in [3.63, 3.8) is 0 Å². The van der Waals surface area contributed by atoms with Crippen LogP contribution in [0.15, 0.2) is 72.1 Å². The molecule has 8 nitrogen and oxygen atoms in total. The Kier molecular flexibility index (Phi) is 6.09. The molecule has 0 spiro atoms. The van der Waals surface area contributed by atoms with E-state index in [9.17, 15) is 18.0 Å². The summed E-state index contributed by atoms with van der Waals surface area (Å²) in [6.45, 7) is 5.96. The molecule has 4 rings (SSSR count). The number of anilines is 1. The van der Waals surface area contributed by atoms with Gasteiger partial charge in [-0.15, -0.1) is 0 Å². The van der Waals surface area contributed by atoms with Crippen LogP contribution in [-0.4, -0.2) is 48.1 Å². The van der Waals surface area contributed by atoms with Gasteiger partial charge >= 0.3 is 0 Å². The van der Waals surface area contributed by atoms with Crippen LogP contribution >= 0.6 is 0 Å². The molecule has 0 saturated carbocycles. The summed E-state index contributed by atoms with van der Waals surface area (Å²) in [5.41, 5.74) is 1.32. The van der Waals surface area contributed by atoms with Crippen LogP contribution in [-0.2, 0) is 14.8 Å². The lowest BCUT2D eigenvalue weighted by Gasteiger charge is -2.39. The van der Waals surface area contributed by atoms with Gasteiger partial charge in [0.05, 0.1) is 4.90 Å². The molecule has 2 amide bonds. The summed E-state index contributed by atoms with van der Waals surface area (Å²) in [6.07, 6.45) is 2.22. The zero-order valence-electron chi connectivity index (χ0n) is 18.3. The highest BCUT2D eigenvalue weighted by atomic mass is 32.2. The van der Waals surface area contributed by atoms with E-state index in [0.717, 1.165) is 10.9 Å². The molecule has 2 aromatic carbocycles. The average molecular weight is 467 g/mol. The number of nitrogens with zero attached hydrogens (tertiary/aromatic N) is 1. The molecular weight excluding hydrogens is 440 g/mol. The summed E-state index contributed by atoms with van der Waals surface area (Å²) in [5, 5.41) is 6.60. The van der Waals surface area contributed by atoms with Crippen LogP contribution < -0.4 is 10.6 Å². The molecule has 1 aliphatic rings. The summed E-state index contributed by atoms with van der Waals surface area (Å²) >= 11 is 0. The van der Waals surface area contributed by atoms with Gasteiger partial charge in [0.15, 0.2) is 0 Å². The van der Waals surface area contributed by atoms with Crippen molar-refractivity contribution in [2.45, 2.75) is 30.2 Å². The number of piperidine rings is 1. The summed E-state index contributed by atoms with van der Waals surface area (Å²) in [4.78, 5) is 27.4. The molecule has 9 heteroatoms. The molecule has 1 aliphatic heterocycles. The van der Waals surface area contributed by atoms with Gasteiger partial charge in [-0.25, -0.2) is 8.42 Å². The van der Waals surface area contributed by atoms with Crippen LogP contribution in [0.5, 0.6) is 0 Å². The first-order chi connectivity index (χ1) is 15.7. The van der Waals surface area contributed by atoms with Crippen LogP contribution in [0.3, 0.4) is 0 Å². The third kappa shape index (κ3) is 4.84. The first-order valence-electron chi connectivity index (χ1n) is 10.6. The summed E-state index contributed by atoms with van der Waals surface area (Å²) in [7, 11) is -3.68. The minimum Gasteiger partial charge on any atom is -0.351 e. The SMILES string of the molecule is C=CC(=O)NC1(C)CCN(S(=O)(=O)c2ccc(NC(=O)c3cc4ccccc4[nH]3)cc2)CC1. The Hall–Kier alpha value is -3.43. The number of benzene rings is 2. The molecule has 1 saturated heterocycles. The van der Waals surface area contributed by atoms with Crippen molar-refractivity contribution >= 4 is 38.4 Å². The quantitative estimate of drug-likeness (QED) is 0.484. The van der Waals surface area contributed by atoms with E-state index in [2.05, 4.69) is 22.2 Å². The number of carbonyl (C=O) groups is 2. The van der Waals surface area contributed by atoms with Gasteiger partial charge in [0.2, 0.25) is 15.9 Å². The van der Waals surface area contributed by atoms with Gasteiger partial charge in [-0.1, -0.05) is 24.8 Å². The lowest BCUT2D eigenvalue weighted by molar-refractivity contribution is -0.118.